The Kier molecular flexibility index (Phi) is 5.53. The molecule has 1 aromatic carbocycles. The summed E-state index contributed by atoms with van der Waals surface area (Å²) in [6, 6.07) is 11.6. The molecule has 26 heavy (non-hydrogen) atoms. The smallest absolute Gasteiger partial charge is 0.331 e. The van der Waals surface area contributed by atoms with Gasteiger partial charge in [-0.3, -0.25) is 0 Å². The number of benzene rings is 1. The Morgan fingerprint density at radius 1 is 1.31 bits per heavy atom. The fraction of sp³-hybridized carbons (Fsp3) is 0.211. The van der Waals surface area contributed by atoms with E-state index in [0.29, 0.717) is 28.7 Å². The van der Waals surface area contributed by atoms with Crippen molar-refractivity contribution in [2.75, 3.05) is 0 Å². The van der Waals surface area contributed by atoms with Gasteiger partial charge in [0.15, 0.2) is 0 Å². The Morgan fingerprint density at radius 3 is 2.77 bits per heavy atom. The number of halogens is 1. The average Bonchev–Trinajstić information content (AvgIpc) is 3.16. The molecule has 2 heterocycles. The molecule has 3 rings (SSSR count). The van der Waals surface area contributed by atoms with Crippen molar-refractivity contribution in [3.8, 4) is 0 Å². The van der Waals surface area contributed by atoms with E-state index >= 15 is 0 Å². The molecular weight excluding hydrogens is 354 g/mol. The Bertz CT molecular complexity index is 929. The summed E-state index contributed by atoms with van der Waals surface area (Å²) in [6.07, 6.45) is 2.94. The van der Waals surface area contributed by atoms with Gasteiger partial charge in [-0.1, -0.05) is 47.1 Å². The van der Waals surface area contributed by atoms with Crippen molar-refractivity contribution in [2.45, 2.75) is 27.0 Å². The first-order chi connectivity index (χ1) is 12.5. The van der Waals surface area contributed by atoms with Crippen LogP contribution in [-0.2, 0) is 22.7 Å². The second-order valence-electron chi connectivity index (χ2n) is 5.80. The number of aromatic nitrogens is 3. The third-order valence-electron chi connectivity index (χ3n) is 3.71. The van der Waals surface area contributed by atoms with E-state index < -0.39 is 5.97 Å². The monoisotopic (exact) mass is 371 g/mol. The molecule has 0 radical (unpaired) electrons. The van der Waals surface area contributed by atoms with Crippen LogP contribution in [0.1, 0.15) is 28.3 Å². The molecule has 0 aliphatic carbocycles. The Hall–Kier alpha value is -2.86. The molecule has 0 bridgehead atoms. The number of nitrogens with zero attached hydrogens (tertiary/aromatic N) is 3. The van der Waals surface area contributed by atoms with E-state index in [1.165, 1.54) is 6.08 Å². The predicted molar refractivity (Wildman–Crippen MR) is 97.6 cm³/mol. The SMILES string of the molecule is Cc1cc(COC(=O)/C=C/c2c(C)nn(Cc3ccccc3)c2Cl)no1. The van der Waals surface area contributed by atoms with Crippen LogP contribution in [0, 0.1) is 13.8 Å². The van der Waals surface area contributed by atoms with Crippen molar-refractivity contribution in [3.63, 3.8) is 0 Å². The standard InChI is InChI=1S/C19H18ClN3O3/c1-13-10-16(22-26-13)12-25-18(24)9-8-17-14(2)21-23(19(17)20)11-15-6-4-3-5-7-15/h3-10H,11-12H2,1-2H3/b9-8+. The summed E-state index contributed by atoms with van der Waals surface area (Å²) in [5, 5.41) is 8.68. The molecule has 134 valence electrons. The summed E-state index contributed by atoms with van der Waals surface area (Å²) < 4.78 is 11.8. The third-order valence-corrected chi connectivity index (χ3v) is 4.11. The lowest BCUT2D eigenvalue weighted by molar-refractivity contribution is -0.139. The van der Waals surface area contributed by atoms with Crippen LogP contribution in [0.25, 0.3) is 6.08 Å². The van der Waals surface area contributed by atoms with E-state index in [2.05, 4.69) is 10.3 Å². The molecule has 0 aliphatic heterocycles. The molecule has 3 aromatic rings. The first-order valence-electron chi connectivity index (χ1n) is 8.07. The van der Waals surface area contributed by atoms with Crippen molar-refractivity contribution in [1.29, 1.82) is 0 Å². The lowest BCUT2D eigenvalue weighted by Gasteiger charge is -2.03. The second-order valence-corrected chi connectivity index (χ2v) is 6.16. The zero-order valence-electron chi connectivity index (χ0n) is 14.5. The number of hydrogen-bond acceptors (Lipinski definition) is 5. The molecule has 7 heteroatoms. The highest BCUT2D eigenvalue weighted by Gasteiger charge is 2.12. The van der Waals surface area contributed by atoms with Crippen molar-refractivity contribution < 1.29 is 14.1 Å². The molecular formula is C19H18ClN3O3. The van der Waals surface area contributed by atoms with Gasteiger partial charge in [-0.05, 0) is 25.5 Å². The number of esters is 1. The lowest BCUT2D eigenvalue weighted by atomic mass is 10.2. The van der Waals surface area contributed by atoms with Gasteiger partial charge in [0, 0.05) is 17.7 Å². The zero-order valence-corrected chi connectivity index (χ0v) is 15.2. The van der Waals surface area contributed by atoms with Gasteiger partial charge in [-0.2, -0.15) is 5.10 Å². The van der Waals surface area contributed by atoms with Gasteiger partial charge in [0.25, 0.3) is 0 Å². The number of carbonyl (C=O) groups is 1. The average molecular weight is 372 g/mol. The summed E-state index contributed by atoms with van der Waals surface area (Å²) in [7, 11) is 0. The molecule has 0 aliphatic rings. The van der Waals surface area contributed by atoms with E-state index in [1.807, 2.05) is 37.3 Å². The number of aryl methyl sites for hydroxylation is 2. The van der Waals surface area contributed by atoms with Gasteiger partial charge in [-0.25, -0.2) is 9.48 Å². The highest BCUT2D eigenvalue weighted by molar-refractivity contribution is 6.31. The minimum Gasteiger partial charge on any atom is -0.456 e. The van der Waals surface area contributed by atoms with Crippen LogP contribution in [0.2, 0.25) is 5.15 Å². The minimum atomic E-state index is -0.489. The quantitative estimate of drug-likeness (QED) is 0.484. The largest absolute Gasteiger partial charge is 0.456 e. The van der Waals surface area contributed by atoms with Crippen LogP contribution in [0.15, 0.2) is 47.0 Å². The first-order valence-corrected chi connectivity index (χ1v) is 8.44. The number of ether oxygens (including phenoxy) is 1. The molecule has 0 N–H and O–H groups in total. The number of rotatable bonds is 6. The number of hydrogen-bond donors (Lipinski definition) is 0. The van der Waals surface area contributed by atoms with E-state index in [1.54, 1.807) is 23.7 Å². The van der Waals surface area contributed by atoms with Gasteiger partial charge in [0.1, 0.15) is 23.2 Å². The van der Waals surface area contributed by atoms with Crippen LogP contribution in [0.4, 0.5) is 0 Å². The summed E-state index contributed by atoms with van der Waals surface area (Å²) in [6.45, 7) is 4.23. The Labute approximate surface area is 156 Å². The zero-order chi connectivity index (χ0) is 18.5. The van der Waals surface area contributed by atoms with E-state index in [4.69, 9.17) is 20.9 Å². The summed E-state index contributed by atoms with van der Waals surface area (Å²) >= 11 is 6.41. The maximum Gasteiger partial charge on any atom is 0.331 e. The van der Waals surface area contributed by atoms with Crippen LogP contribution in [-0.4, -0.2) is 20.9 Å². The maximum atomic E-state index is 11.9. The fourth-order valence-electron chi connectivity index (χ4n) is 2.45. The van der Waals surface area contributed by atoms with E-state index in [-0.39, 0.29) is 6.61 Å². The Morgan fingerprint density at radius 2 is 2.08 bits per heavy atom. The highest BCUT2D eigenvalue weighted by Crippen LogP contribution is 2.22. The van der Waals surface area contributed by atoms with Gasteiger partial charge < -0.3 is 9.26 Å². The minimum absolute atomic E-state index is 0.0560. The molecule has 0 amide bonds. The van der Waals surface area contributed by atoms with Gasteiger partial charge in [0.05, 0.1) is 12.2 Å². The van der Waals surface area contributed by atoms with Gasteiger partial charge in [0.2, 0.25) is 0 Å². The second kappa shape index (κ2) is 8.01. The van der Waals surface area contributed by atoms with Crippen molar-refractivity contribution in [1.82, 2.24) is 14.9 Å². The lowest BCUT2D eigenvalue weighted by Crippen LogP contribution is -2.02. The van der Waals surface area contributed by atoms with Crippen molar-refractivity contribution in [3.05, 3.63) is 75.9 Å². The highest BCUT2D eigenvalue weighted by atomic mass is 35.5. The molecule has 0 saturated heterocycles. The van der Waals surface area contributed by atoms with Gasteiger partial charge >= 0.3 is 5.97 Å². The number of carbonyl (C=O) groups excluding carboxylic acids is 1. The van der Waals surface area contributed by atoms with E-state index in [0.717, 1.165) is 11.3 Å². The van der Waals surface area contributed by atoms with Gasteiger partial charge in [-0.15, -0.1) is 0 Å². The molecule has 2 aromatic heterocycles. The normalized spacial score (nSPS) is 11.2. The predicted octanol–water partition coefficient (Wildman–Crippen LogP) is 3.95. The van der Waals surface area contributed by atoms with E-state index in [9.17, 15) is 4.79 Å². The first kappa shape index (κ1) is 17.9. The van der Waals surface area contributed by atoms with Crippen LogP contribution < -0.4 is 0 Å². The van der Waals surface area contributed by atoms with Crippen LogP contribution in [0.3, 0.4) is 0 Å². The molecule has 0 atom stereocenters. The topological polar surface area (TPSA) is 70.2 Å². The van der Waals surface area contributed by atoms with Crippen molar-refractivity contribution >= 4 is 23.6 Å². The van der Waals surface area contributed by atoms with Crippen LogP contribution in [0.5, 0.6) is 0 Å². The molecule has 0 fully saturated rings. The molecule has 6 nitrogen and oxygen atoms in total. The maximum absolute atomic E-state index is 11.9. The summed E-state index contributed by atoms with van der Waals surface area (Å²) in [5.74, 6) is 0.178. The van der Waals surface area contributed by atoms with Crippen LogP contribution >= 0.6 is 11.6 Å². The molecule has 0 spiro atoms. The summed E-state index contributed by atoms with van der Waals surface area (Å²) in [4.78, 5) is 11.9. The molecule has 0 unspecified atom stereocenters. The summed E-state index contributed by atoms with van der Waals surface area (Å²) in [5.41, 5.74) is 3.09. The Balaban J connectivity index is 1.65. The fourth-order valence-corrected chi connectivity index (χ4v) is 2.75. The molecule has 0 saturated carbocycles. The van der Waals surface area contributed by atoms with Crippen molar-refractivity contribution in [2.24, 2.45) is 0 Å². The third kappa shape index (κ3) is 4.40.